The number of hydrogen-bond acceptors (Lipinski definition) is 3. The van der Waals surface area contributed by atoms with Crippen LogP contribution in [-0.4, -0.2) is 16.7 Å². The highest BCUT2D eigenvalue weighted by atomic mass is 16.5. The Labute approximate surface area is 116 Å². The van der Waals surface area contributed by atoms with Crippen molar-refractivity contribution in [2.24, 2.45) is 0 Å². The maximum absolute atomic E-state index is 5.97. The molecular formula is C16H25NO2. The summed E-state index contributed by atoms with van der Waals surface area (Å²) in [4.78, 5) is 4.46. The molecular weight excluding hydrogens is 238 g/mol. The maximum Gasteiger partial charge on any atom is 0.217 e. The van der Waals surface area contributed by atoms with Crippen molar-refractivity contribution in [1.29, 1.82) is 0 Å². The highest BCUT2D eigenvalue weighted by Crippen LogP contribution is 2.35. The summed E-state index contributed by atoms with van der Waals surface area (Å²) in [6.45, 7) is 12.6. The Balaban J connectivity index is 2.30. The van der Waals surface area contributed by atoms with Gasteiger partial charge in [-0.3, -0.25) is 0 Å². The van der Waals surface area contributed by atoms with E-state index in [1.165, 1.54) is 0 Å². The van der Waals surface area contributed by atoms with Gasteiger partial charge in [-0.05, 0) is 45.1 Å². The Morgan fingerprint density at radius 1 is 1.11 bits per heavy atom. The predicted molar refractivity (Wildman–Crippen MR) is 77.0 cm³/mol. The molecule has 0 aromatic carbocycles. The Kier molecular flexibility index (Phi) is 3.50. The zero-order valence-corrected chi connectivity index (χ0v) is 12.9. The summed E-state index contributed by atoms with van der Waals surface area (Å²) in [5.41, 5.74) is 0.836. The zero-order valence-electron chi connectivity index (χ0n) is 12.9. The molecule has 0 aliphatic heterocycles. The van der Waals surface area contributed by atoms with Gasteiger partial charge >= 0.3 is 0 Å². The van der Waals surface area contributed by atoms with Gasteiger partial charge in [0.1, 0.15) is 11.4 Å². The molecule has 0 amide bonds. The van der Waals surface area contributed by atoms with Crippen LogP contribution >= 0.6 is 0 Å². The van der Waals surface area contributed by atoms with Crippen LogP contribution in [0.25, 0.3) is 0 Å². The molecule has 0 spiro atoms. The second-order valence-electron chi connectivity index (χ2n) is 7.31. The monoisotopic (exact) mass is 263 g/mol. The first-order valence-corrected chi connectivity index (χ1v) is 7.01. The summed E-state index contributed by atoms with van der Waals surface area (Å²) < 4.78 is 11.8. The van der Waals surface area contributed by atoms with Crippen molar-refractivity contribution in [3.8, 4) is 11.6 Å². The number of aromatic nitrogens is 1. The van der Waals surface area contributed by atoms with Gasteiger partial charge in [-0.2, -0.15) is 0 Å². The van der Waals surface area contributed by atoms with Crippen LogP contribution < -0.4 is 9.47 Å². The quantitative estimate of drug-likeness (QED) is 0.822. The molecule has 0 unspecified atom stereocenters. The SMILES string of the molecule is CC(C)(C)Oc1ncc(OC2CC2)cc1C(C)(C)C. The van der Waals surface area contributed by atoms with Crippen LogP contribution in [0.3, 0.4) is 0 Å². The summed E-state index contributed by atoms with van der Waals surface area (Å²) in [6, 6.07) is 2.08. The molecule has 3 nitrogen and oxygen atoms in total. The van der Waals surface area contributed by atoms with Gasteiger partial charge in [-0.1, -0.05) is 20.8 Å². The fraction of sp³-hybridized carbons (Fsp3) is 0.688. The molecule has 1 saturated carbocycles. The summed E-state index contributed by atoms with van der Waals surface area (Å²) >= 11 is 0. The topological polar surface area (TPSA) is 31.4 Å². The van der Waals surface area contributed by atoms with E-state index in [0.29, 0.717) is 12.0 Å². The minimum absolute atomic E-state index is 0.0174. The molecule has 0 radical (unpaired) electrons. The van der Waals surface area contributed by atoms with Crippen molar-refractivity contribution >= 4 is 0 Å². The van der Waals surface area contributed by atoms with Gasteiger partial charge in [0.05, 0.1) is 12.3 Å². The average molecular weight is 263 g/mol. The molecule has 0 saturated heterocycles. The summed E-state index contributed by atoms with van der Waals surface area (Å²) in [5, 5.41) is 0. The van der Waals surface area contributed by atoms with Crippen LogP contribution in [0.1, 0.15) is 59.9 Å². The van der Waals surface area contributed by atoms with Gasteiger partial charge in [0.2, 0.25) is 5.88 Å². The highest BCUT2D eigenvalue weighted by Gasteiger charge is 2.27. The minimum Gasteiger partial charge on any atom is -0.489 e. The number of hydrogen-bond donors (Lipinski definition) is 0. The second kappa shape index (κ2) is 4.69. The lowest BCUT2D eigenvalue weighted by molar-refractivity contribution is 0.120. The van der Waals surface area contributed by atoms with E-state index in [9.17, 15) is 0 Å². The molecule has 106 valence electrons. The largest absolute Gasteiger partial charge is 0.489 e. The van der Waals surface area contributed by atoms with Crippen molar-refractivity contribution < 1.29 is 9.47 Å². The molecule has 1 aliphatic rings. The molecule has 3 heteroatoms. The Hall–Kier alpha value is -1.25. The molecule has 1 fully saturated rings. The number of nitrogens with zero attached hydrogens (tertiary/aromatic N) is 1. The Morgan fingerprint density at radius 2 is 1.74 bits per heavy atom. The van der Waals surface area contributed by atoms with Gasteiger partial charge in [0.25, 0.3) is 0 Å². The van der Waals surface area contributed by atoms with E-state index in [0.717, 1.165) is 24.2 Å². The van der Waals surface area contributed by atoms with Gasteiger partial charge in [0, 0.05) is 5.56 Å². The fourth-order valence-corrected chi connectivity index (χ4v) is 1.78. The molecule has 0 bridgehead atoms. The lowest BCUT2D eigenvalue weighted by Crippen LogP contribution is -2.26. The smallest absolute Gasteiger partial charge is 0.217 e. The van der Waals surface area contributed by atoms with Gasteiger partial charge in [-0.25, -0.2) is 4.98 Å². The van der Waals surface area contributed by atoms with Gasteiger partial charge in [-0.15, -0.1) is 0 Å². The van der Waals surface area contributed by atoms with E-state index in [4.69, 9.17) is 9.47 Å². The molecule has 1 aromatic rings. The molecule has 1 heterocycles. The third-order valence-electron chi connectivity index (χ3n) is 2.86. The normalized spacial score (nSPS) is 16.3. The van der Waals surface area contributed by atoms with Gasteiger partial charge in [0.15, 0.2) is 0 Å². The number of rotatable bonds is 3. The summed E-state index contributed by atoms with van der Waals surface area (Å²) in [7, 11) is 0. The molecule has 1 aromatic heterocycles. The first kappa shape index (κ1) is 14.2. The molecule has 19 heavy (non-hydrogen) atoms. The van der Waals surface area contributed by atoms with Crippen molar-refractivity contribution in [3.05, 3.63) is 17.8 Å². The van der Waals surface area contributed by atoms with E-state index >= 15 is 0 Å². The van der Waals surface area contributed by atoms with E-state index in [-0.39, 0.29) is 11.0 Å². The second-order valence-corrected chi connectivity index (χ2v) is 7.31. The van der Waals surface area contributed by atoms with Crippen molar-refractivity contribution in [1.82, 2.24) is 4.98 Å². The zero-order chi connectivity index (χ0) is 14.3. The van der Waals surface area contributed by atoms with Crippen molar-refractivity contribution in [2.45, 2.75) is 71.5 Å². The molecule has 1 aliphatic carbocycles. The number of pyridine rings is 1. The fourth-order valence-electron chi connectivity index (χ4n) is 1.78. The highest BCUT2D eigenvalue weighted by molar-refractivity contribution is 5.38. The van der Waals surface area contributed by atoms with Crippen LogP contribution in [0.4, 0.5) is 0 Å². The minimum atomic E-state index is -0.244. The van der Waals surface area contributed by atoms with E-state index in [2.05, 4.69) is 31.8 Å². The van der Waals surface area contributed by atoms with Crippen molar-refractivity contribution in [2.75, 3.05) is 0 Å². The van der Waals surface area contributed by atoms with Crippen LogP contribution in [0.15, 0.2) is 12.3 Å². The molecule has 0 N–H and O–H groups in total. The lowest BCUT2D eigenvalue weighted by atomic mass is 9.87. The molecule has 0 atom stereocenters. The maximum atomic E-state index is 5.97. The molecule has 2 rings (SSSR count). The van der Waals surface area contributed by atoms with Gasteiger partial charge < -0.3 is 9.47 Å². The van der Waals surface area contributed by atoms with Crippen LogP contribution in [-0.2, 0) is 5.41 Å². The summed E-state index contributed by atoms with van der Waals surface area (Å²) in [5.74, 6) is 1.57. The lowest BCUT2D eigenvalue weighted by Gasteiger charge is -2.27. The predicted octanol–water partition coefficient (Wildman–Crippen LogP) is 4.10. The van der Waals surface area contributed by atoms with Crippen LogP contribution in [0, 0.1) is 0 Å². The first-order valence-electron chi connectivity index (χ1n) is 7.01. The van der Waals surface area contributed by atoms with E-state index in [1.807, 2.05) is 20.8 Å². The first-order chi connectivity index (χ1) is 8.65. The Morgan fingerprint density at radius 3 is 2.21 bits per heavy atom. The van der Waals surface area contributed by atoms with Crippen LogP contribution in [0.2, 0.25) is 0 Å². The van der Waals surface area contributed by atoms with E-state index in [1.54, 1.807) is 6.20 Å². The number of ether oxygens (including phenoxy) is 2. The Bertz CT molecular complexity index is 451. The van der Waals surface area contributed by atoms with Crippen LogP contribution in [0.5, 0.6) is 11.6 Å². The van der Waals surface area contributed by atoms with Crippen molar-refractivity contribution in [3.63, 3.8) is 0 Å². The summed E-state index contributed by atoms with van der Waals surface area (Å²) in [6.07, 6.45) is 4.48. The standard InChI is InChI=1S/C16H25NO2/c1-15(2,3)13-9-12(18-11-7-8-11)10-17-14(13)19-16(4,5)6/h9-11H,7-8H2,1-6H3. The van der Waals surface area contributed by atoms with E-state index < -0.39 is 0 Å². The third kappa shape index (κ3) is 4.12. The average Bonchev–Trinajstić information content (AvgIpc) is 3.00. The third-order valence-corrected chi connectivity index (χ3v) is 2.86.